The highest BCUT2D eigenvalue weighted by Crippen LogP contribution is 2.25. The number of aryl methyl sites for hydroxylation is 1. The average Bonchev–Trinajstić information content (AvgIpc) is 3.05. The zero-order valence-corrected chi connectivity index (χ0v) is 16.4. The number of hydrogen-bond donors (Lipinski definition) is 0. The Morgan fingerprint density at radius 2 is 1.65 bits per heavy atom. The third-order valence-corrected chi connectivity index (χ3v) is 5.86. The highest BCUT2D eigenvalue weighted by atomic mass is 32.2. The molecule has 0 radical (unpaired) electrons. The van der Waals surface area contributed by atoms with Crippen molar-refractivity contribution >= 4 is 23.6 Å². The van der Waals surface area contributed by atoms with Gasteiger partial charge in [-0.2, -0.15) is 0 Å². The lowest BCUT2D eigenvalue weighted by Gasteiger charge is -2.13. The highest BCUT2D eigenvalue weighted by molar-refractivity contribution is 7.99. The number of unbranched alkanes of at least 4 members (excludes halogenated alkanes) is 1. The van der Waals surface area contributed by atoms with Crippen LogP contribution in [0.25, 0.3) is 0 Å². The molecule has 0 N–H and O–H groups in total. The summed E-state index contributed by atoms with van der Waals surface area (Å²) in [6.45, 7) is 7.78. The number of thioether (sulfide) groups is 1. The SMILES string of the molecule is CCCCn1c(SCCCN2C(=O)c3ccccc3C2=O)nc(C)c1C. The van der Waals surface area contributed by atoms with Crippen molar-refractivity contribution in [3.05, 3.63) is 46.8 Å². The van der Waals surface area contributed by atoms with E-state index in [1.54, 1.807) is 36.0 Å². The molecule has 6 heteroatoms. The number of aromatic nitrogens is 2. The number of imidazole rings is 1. The number of benzene rings is 1. The average molecular weight is 372 g/mol. The van der Waals surface area contributed by atoms with Gasteiger partial charge in [-0.25, -0.2) is 4.98 Å². The number of rotatable bonds is 8. The van der Waals surface area contributed by atoms with E-state index in [1.165, 1.54) is 10.6 Å². The molecule has 26 heavy (non-hydrogen) atoms. The van der Waals surface area contributed by atoms with Gasteiger partial charge in [0.25, 0.3) is 11.8 Å². The quantitative estimate of drug-likeness (QED) is 0.399. The second-order valence-electron chi connectivity index (χ2n) is 6.58. The number of hydrogen-bond acceptors (Lipinski definition) is 4. The first-order valence-corrected chi connectivity index (χ1v) is 10.1. The van der Waals surface area contributed by atoms with Gasteiger partial charge in [0.1, 0.15) is 0 Å². The van der Waals surface area contributed by atoms with Crippen molar-refractivity contribution in [2.24, 2.45) is 0 Å². The van der Waals surface area contributed by atoms with Crippen LogP contribution in [0.2, 0.25) is 0 Å². The van der Waals surface area contributed by atoms with Gasteiger partial charge < -0.3 is 4.57 Å². The van der Waals surface area contributed by atoms with Crippen molar-refractivity contribution in [3.8, 4) is 0 Å². The van der Waals surface area contributed by atoms with E-state index in [9.17, 15) is 9.59 Å². The van der Waals surface area contributed by atoms with Crippen LogP contribution in [0.15, 0.2) is 29.4 Å². The van der Waals surface area contributed by atoms with Crippen LogP contribution in [0.1, 0.15) is 58.3 Å². The van der Waals surface area contributed by atoms with Gasteiger partial charge in [0.05, 0.1) is 16.8 Å². The van der Waals surface area contributed by atoms with Gasteiger partial charge >= 0.3 is 0 Å². The topological polar surface area (TPSA) is 55.2 Å². The monoisotopic (exact) mass is 371 g/mol. The maximum absolute atomic E-state index is 12.4. The molecule has 2 heterocycles. The molecule has 0 atom stereocenters. The normalized spacial score (nSPS) is 13.6. The van der Waals surface area contributed by atoms with E-state index < -0.39 is 0 Å². The Balaban J connectivity index is 1.56. The minimum atomic E-state index is -0.174. The lowest BCUT2D eigenvalue weighted by molar-refractivity contribution is 0.0655. The first-order chi connectivity index (χ1) is 12.5. The van der Waals surface area contributed by atoms with E-state index in [0.29, 0.717) is 17.7 Å². The summed E-state index contributed by atoms with van der Waals surface area (Å²) in [5.41, 5.74) is 3.34. The summed E-state index contributed by atoms with van der Waals surface area (Å²) in [6.07, 6.45) is 3.05. The van der Waals surface area contributed by atoms with E-state index in [2.05, 4.69) is 23.4 Å². The number of imide groups is 1. The third-order valence-electron chi connectivity index (χ3n) is 4.79. The summed E-state index contributed by atoms with van der Waals surface area (Å²) in [5.74, 6) is 0.480. The molecule has 2 aromatic rings. The Morgan fingerprint density at radius 1 is 1.00 bits per heavy atom. The van der Waals surface area contributed by atoms with Gasteiger partial charge in [-0.1, -0.05) is 37.2 Å². The summed E-state index contributed by atoms with van der Waals surface area (Å²) in [5, 5.41) is 1.04. The Labute approximate surface area is 158 Å². The number of nitrogens with zero attached hydrogens (tertiary/aromatic N) is 3. The molecule has 0 unspecified atom stereocenters. The predicted octanol–water partition coefficient (Wildman–Crippen LogP) is 4.08. The minimum Gasteiger partial charge on any atom is -0.323 e. The summed E-state index contributed by atoms with van der Waals surface area (Å²) in [6, 6.07) is 7.04. The maximum atomic E-state index is 12.4. The Kier molecular flexibility index (Phi) is 5.81. The molecular formula is C20H25N3O2S. The molecule has 0 bridgehead atoms. The lowest BCUT2D eigenvalue weighted by Crippen LogP contribution is -2.31. The van der Waals surface area contributed by atoms with Gasteiger partial charge in [0.15, 0.2) is 5.16 Å². The number of carbonyl (C=O) groups is 2. The van der Waals surface area contributed by atoms with Crippen LogP contribution >= 0.6 is 11.8 Å². The van der Waals surface area contributed by atoms with Crippen LogP contribution in [-0.4, -0.2) is 38.6 Å². The van der Waals surface area contributed by atoms with Crippen molar-refractivity contribution in [2.45, 2.75) is 51.7 Å². The molecule has 138 valence electrons. The molecule has 1 aromatic carbocycles. The van der Waals surface area contributed by atoms with Gasteiger partial charge in [-0.15, -0.1) is 0 Å². The smallest absolute Gasteiger partial charge is 0.261 e. The minimum absolute atomic E-state index is 0.174. The molecule has 5 nitrogen and oxygen atoms in total. The molecule has 0 saturated heterocycles. The molecule has 1 aliphatic heterocycles. The summed E-state index contributed by atoms with van der Waals surface area (Å²) < 4.78 is 2.28. The van der Waals surface area contributed by atoms with E-state index in [-0.39, 0.29) is 11.8 Å². The van der Waals surface area contributed by atoms with Crippen molar-refractivity contribution < 1.29 is 9.59 Å². The molecular weight excluding hydrogens is 346 g/mol. The molecule has 1 aliphatic rings. The van der Waals surface area contributed by atoms with Crippen molar-refractivity contribution in [2.75, 3.05) is 12.3 Å². The third kappa shape index (κ3) is 3.56. The lowest BCUT2D eigenvalue weighted by atomic mass is 10.1. The van der Waals surface area contributed by atoms with Crippen LogP contribution in [0.3, 0.4) is 0 Å². The first-order valence-electron chi connectivity index (χ1n) is 9.16. The van der Waals surface area contributed by atoms with Crippen molar-refractivity contribution in [1.29, 1.82) is 0 Å². The Morgan fingerprint density at radius 3 is 2.27 bits per heavy atom. The standard InChI is InChI=1S/C20H25N3O2S/c1-4-5-11-22-15(3)14(2)21-20(22)26-13-8-12-23-18(24)16-9-6-7-10-17(16)19(23)25/h6-7,9-10H,4-5,8,11-13H2,1-3H3. The maximum Gasteiger partial charge on any atom is 0.261 e. The Bertz CT molecular complexity index is 793. The summed E-state index contributed by atoms with van der Waals surface area (Å²) >= 11 is 1.70. The summed E-state index contributed by atoms with van der Waals surface area (Å²) in [4.78, 5) is 30.8. The fraction of sp³-hybridized carbons (Fsp3) is 0.450. The summed E-state index contributed by atoms with van der Waals surface area (Å²) in [7, 11) is 0. The molecule has 2 amide bonds. The van der Waals surface area contributed by atoms with Gasteiger partial charge in [0.2, 0.25) is 0 Å². The van der Waals surface area contributed by atoms with Crippen molar-refractivity contribution in [3.63, 3.8) is 0 Å². The Hall–Kier alpha value is -2.08. The van der Waals surface area contributed by atoms with Crippen molar-refractivity contribution in [1.82, 2.24) is 14.5 Å². The zero-order valence-electron chi connectivity index (χ0n) is 15.6. The van der Waals surface area contributed by atoms with E-state index in [1.807, 2.05) is 6.92 Å². The van der Waals surface area contributed by atoms with E-state index >= 15 is 0 Å². The van der Waals surface area contributed by atoms with Gasteiger partial charge in [0, 0.05) is 24.5 Å². The van der Waals surface area contributed by atoms with E-state index in [0.717, 1.165) is 42.4 Å². The highest BCUT2D eigenvalue weighted by Gasteiger charge is 2.34. The van der Waals surface area contributed by atoms with Gasteiger partial charge in [-0.3, -0.25) is 14.5 Å². The second-order valence-corrected chi connectivity index (χ2v) is 7.64. The number of amides is 2. The molecule has 0 saturated carbocycles. The van der Waals surface area contributed by atoms with E-state index in [4.69, 9.17) is 0 Å². The fourth-order valence-electron chi connectivity index (χ4n) is 3.14. The van der Waals surface area contributed by atoms with Crippen LogP contribution in [-0.2, 0) is 6.54 Å². The van der Waals surface area contributed by atoms with Crippen LogP contribution in [0, 0.1) is 13.8 Å². The van der Waals surface area contributed by atoms with Gasteiger partial charge in [-0.05, 0) is 38.8 Å². The molecule has 0 spiro atoms. The number of carbonyl (C=O) groups excluding carboxylic acids is 2. The first kappa shape index (κ1) is 18.7. The van der Waals surface area contributed by atoms with Crippen LogP contribution in [0.5, 0.6) is 0 Å². The molecule has 0 aliphatic carbocycles. The molecule has 1 aromatic heterocycles. The number of fused-ring (bicyclic) bond motifs is 1. The van der Waals surface area contributed by atoms with Crippen LogP contribution in [0.4, 0.5) is 0 Å². The molecule has 0 fully saturated rings. The second kappa shape index (κ2) is 8.08. The fourth-order valence-corrected chi connectivity index (χ4v) is 4.18. The van der Waals surface area contributed by atoms with Crippen LogP contribution < -0.4 is 0 Å². The largest absolute Gasteiger partial charge is 0.323 e. The molecule has 3 rings (SSSR count). The zero-order chi connectivity index (χ0) is 18.7. The predicted molar refractivity (Wildman–Crippen MR) is 104 cm³/mol.